The number of halogens is 2. The molecule has 0 bridgehead atoms. The number of nitrogens with zero attached hydrogens (tertiary/aromatic N) is 2. The minimum atomic E-state index is -0.362. The second-order valence-corrected chi connectivity index (χ2v) is 9.25. The van der Waals surface area contributed by atoms with Crippen molar-refractivity contribution in [3.63, 3.8) is 0 Å². The van der Waals surface area contributed by atoms with Crippen LogP contribution in [-0.4, -0.2) is 26.1 Å². The molecule has 0 spiro atoms. The SMILES string of the molecule is Cc1ccc(CN2C(=O)c3[nH]nc(-c4cc(Cl)ccc4O)c3C2c2ccc(Br)cc2)cc1. The summed E-state index contributed by atoms with van der Waals surface area (Å²) in [5.74, 6) is -0.0727. The predicted octanol–water partition coefficient (Wildman–Crippen LogP) is 6.25. The minimum absolute atomic E-state index is 0.0580. The number of carbonyl (C=O) groups excluding carboxylic acids is 1. The van der Waals surface area contributed by atoms with Gasteiger partial charge in [-0.05, 0) is 48.4 Å². The maximum absolute atomic E-state index is 13.5. The first-order chi connectivity index (χ1) is 15.4. The second kappa shape index (κ2) is 8.11. The average Bonchev–Trinajstić information content (AvgIpc) is 3.32. The smallest absolute Gasteiger partial charge is 0.273 e. The maximum atomic E-state index is 13.5. The number of aromatic nitrogens is 2. The molecule has 0 saturated heterocycles. The van der Waals surface area contributed by atoms with E-state index in [-0.39, 0.29) is 17.7 Å². The number of aromatic amines is 1. The molecule has 1 aliphatic rings. The highest BCUT2D eigenvalue weighted by molar-refractivity contribution is 9.10. The van der Waals surface area contributed by atoms with Crippen molar-refractivity contribution in [3.05, 3.63) is 104 Å². The highest BCUT2D eigenvalue weighted by Gasteiger charge is 2.42. The van der Waals surface area contributed by atoms with Crippen molar-refractivity contribution in [2.24, 2.45) is 0 Å². The number of phenolic OH excluding ortho intramolecular Hbond substituents is 1. The number of rotatable bonds is 4. The molecule has 0 aliphatic carbocycles. The lowest BCUT2D eigenvalue weighted by atomic mass is 9.95. The standard InChI is InChI=1S/C25H19BrClN3O2/c1-14-2-4-15(5-3-14)13-30-24(16-6-8-17(26)9-7-16)21-22(28-29-23(21)25(30)32)19-12-18(27)10-11-20(19)31/h2-12,24,31H,13H2,1H3,(H,28,29). The summed E-state index contributed by atoms with van der Waals surface area (Å²) in [6, 6.07) is 20.5. The molecule has 0 fully saturated rings. The van der Waals surface area contributed by atoms with Crippen LogP contribution in [0, 0.1) is 6.92 Å². The Morgan fingerprint density at radius 2 is 1.81 bits per heavy atom. The van der Waals surface area contributed by atoms with Gasteiger partial charge in [0.2, 0.25) is 0 Å². The van der Waals surface area contributed by atoms with Crippen LogP contribution in [0.25, 0.3) is 11.3 Å². The van der Waals surface area contributed by atoms with Gasteiger partial charge >= 0.3 is 0 Å². The van der Waals surface area contributed by atoms with Crippen LogP contribution in [0.1, 0.15) is 38.8 Å². The van der Waals surface area contributed by atoms with E-state index in [0.29, 0.717) is 28.5 Å². The highest BCUT2D eigenvalue weighted by Crippen LogP contribution is 2.45. The Labute approximate surface area is 198 Å². The molecule has 3 aromatic carbocycles. The Morgan fingerprint density at radius 1 is 1.09 bits per heavy atom. The number of benzene rings is 3. The van der Waals surface area contributed by atoms with Gasteiger partial charge in [0.15, 0.2) is 0 Å². The van der Waals surface area contributed by atoms with Crippen LogP contribution in [0.3, 0.4) is 0 Å². The number of aromatic hydroxyl groups is 1. The zero-order valence-corrected chi connectivity index (χ0v) is 19.5. The van der Waals surface area contributed by atoms with Gasteiger partial charge in [-0.2, -0.15) is 5.10 Å². The van der Waals surface area contributed by atoms with Crippen molar-refractivity contribution < 1.29 is 9.90 Å². The van der Waals surface area contributed by atoms with Gasteiger partial charge in [-0.15, -0.1) is 0 Å². The van der Waals surface area contributed by atoms with Gasteiger partial charge in [0, 0.05) is 27.2 Å². The Bertz CT molecular complexity index is 1320. The molecule has 160 valence electrons. The second-order valence-electron chi connectivity index (χ2n) is 7.90. The molecule has 4 aromatic rings. The Hall–Kier alpha value is -3.09. The van der Waals surface area contributed by atoms with Crippen LogP contribution in [-0.2, 0) is 6.54 Å². The molecule has 1 aromatic heterocycles. The maximum Gasteiger partial charge on any atom is 0.273 e. The van der Waals surface area contributed by atoms with E-state index in [1.807, 2.05) is 60.4 Å². The molecular formula is C25H19BrClN3O2. The fraction of sp³-hybridized carbons (Fsp3) is 0.120. The van der Waals surface area contributed by atoms with E-state index >= 15 is 0 Å². The summed E-state index contributed by atoms with van der Waals surface area (Å²) in [6.07, 6.45) is 0. The molecule has 1 atom stereocenters. The molecule has 0 radical (unpaired) electrons. The van der Waals surface area contributed by atoms with E-state index in [4.69, 9.17) is 11.6 Å². The van der Waals surface area contributed by atoms with Crippen molar-refractivity contribution >= 4 is 33.4 Å². The molecule has 1 amide bonds. The van der Waals surface area contributed by atoms with Gasteiger partial charge in [0.1, 0.15) is 17.1 Å². The fourth-order valence-electron chi connectivity index (χ4n) is 4.14. The Kier molecular flexibility index (Phi) is 5.27. The first kappa shape index (κ1) is 20.8. The molecule has 2 heterocycles. The van der Waals surface area contributed by atoms with Gasteiger partial charge < -0.3 is 10.0 Å². The normalized spacial score (nSPS) is 15.3. The lowest BCUT2D eigenvalue weighted by molar-refractivity contribution is 0.0730. The summed E-state index contributed by atoms with van der Waals surface area (Å²) in [5.41, 5.74) is 5.34. The van der Waals surface area contributed by atoms with Crippen LogP contribution in [0.15, 0.2) is 71.2 Å². The van der Waals surface area contributed by atoms with Gasteiger partial charge in [-0.1, -0.05) is 69.5 Å². The molecule has 5 rings (SSSR count). The molecular weight excluding hydrogens is 490 g/mol. The van der Waals surface area contributed by atoms with Gasteiger partial charge in [-0.3, -0.25) is 9.89 Å². The van der Waals surface area contributed by atoms with Crippen LogP contribution in [0.2, 0.25) is 5.02 Å². The number of fused-ring (bicyclic) bond motifs is 1. The average molecular weight is 509 g/mol. The third-order valence-electron chi connectivity index (χ3n) is 5.74. The number of phenols is 1. The van der Waals surface area contributed by atoms with Crippen molar-refractivity contribution in [2.45, 2.75) is 19.5 Å². The minimum Gasteiger partial charge on any atom is -0.507 e. The monoisotopic (exact) mass is 507 g/mol. The molecule has 1 unspecified atom stereocenters. The number of aryl methyl sites for hydroxylation is 1. The third kappa shape index (κ3) is 3.59. The van der Waals surface area contributed by atoms with Crippen molar-refractivity contribution in [1.82, 2.24) is 15.1 Å². The molecule has 5 nitrogen and oxygen atoms in total. The van der Waals surface area contributed by atoms with E-state index in [1.165, 1.54) is 11.6 Å². The van der Waals surface area contributed by atoms with Crippen LogP contribution in [0.5, 0.6) is 5.75 Å². The fourth-order valence-corrected chi connectivity index (χ4v) is 4.58. The van der Waals surface area contributed by atoms with E-state index < -0.39 is 0 Å². The first-order valence-electron chi connectivity index (χ1n) is 10.1. The summed E-state index contributed by atoms with van der Waals surface area (Å²) >= 11 is 9.69. The molecule has 1 aliphatic heterocycles. The summed E-state index contributed by atoms with van der Waals surface area (Å²) in [4.78, 5) is 15.3. The van der Waals surface area contributed by atoms with Gasteiger partial charge in [0.25, 0.3) is 5.91 Å². The topological polar surface area (TPSA) is 69.2 Å². The summed E-state index contributed by atoms with van der Waals surface area (Å²) < 4.78 is 0.954. The van der Waals surface area contributed by atoms with Crippen LogP contribution < -0.4 is 0 Å². The van der Waals surface area contributed by atoms with Crippen LogP contribution in [0.4, 0.5) is 0 Å². The summed E-state index contributed by atoms with van der Waals surface area (Å²) in [6.45, 7) is 2.49. The summed E-state index contributed by atoms with van der Waals surface area (Å²) in [7, 11) is 0. The molecule has 7 heteroatoms. The quantitative estimate of drug-likeness (QED) is 0.342. The predicted molar refractivity (Wildman–Crippen MR) is 128 cm³/mol. The number of amides is 1. The number of nitrogens with one attached hydrogen (secondary N) is 1. The lowest BCUT2D eigenvalue weighted by Crippen LogP contribution is -2.29. The lowest BCUT2D eigenvalue weighted by Gasteiger charge is -2.26. The van der Waals surface area contributed by atoms with E-state index in [9.17, 15) is 9.90 Å². The number of hydrogen-bond donors (Lipinski definition) is 2. The summed E-state index contributed by atoms with van der Waals surface area (Å²) in [5, 5.41) is 18.3. The van der Waals surface area contributed by atoms with Crippen molar-refractivity contribution in [3.8, 4) is 17.0 Å². The van der Waals surface area contributed by atoms with Gasteiger partial charge in [-0.25, -0.2) is 0 Å². The third-order valence-corrected chi connectivity index (χ3v) is 6.50. The van der Waals surface area contributed by atoms with E-state index in [1.54, 1.807) is 12.1 Å². The molecule has 0 saturated carbocycles. The first-order valence-corrected chi connectivity index (χ1v) is 11.3. The van der Waals surface area contributed by atoms with Gasteiger partial charge in [0.05, 0.1) is 6.04 Å². The van der Waals surface area contributed by atoms with E-state index in [0.717, 1.165) is 21.2 Å². The molecule has 32 heavy (non-hydrogen) atoms. The van der Waals surface area contributed by atoms with E-state index in [2.05, 4.69) is 26.1 Å². The van der Waals surface area contributed by atoms with Crippen molar-refractivity contribution in [2.75, 3.05) is 0 Å². The largest absolute Gasteiger partial charge is 0.507 e. The Morgan fingerprint density at radius 3 is 2.53 bits per heavy atom. The zero-order chi connectivity index (χ0) is 22.4. The van der Waals surface area contributed by atoms with Crippen molar-refractivity contribution in [1.29, 1.82) is 0 Å². The Balaban J connectivity index is 1.66. The number of H-pyrrole nitrogens is 1. The molecule has 2 N–H and O–H groups in total. The van der Waals surface area contributed by atoms with Crippen LogP contribution >= 0.6 is 27.5 Å². The number of carbonyl (C=O) groups is 1. The highest BCUT2D eigenvalue weighted by atomic mass is 79.9. The number of hydrogen-bond acceptors (Lipinski definition) is 3. The zero-order valence-electron chi connectivity index (χ0n) is 17.1.